The van der Waals surface area contributed by atoms with Gasteiger partial charge in [0.2, 0.25) is 5.91 Å². The molecule has 1 N–H and O–H groups in total. The van der Waals surface area contributed by atoms with E-state index in [1.807, 2.05) is 32.0 Å². The third-order valence-corrected chi connectivity index (χ3v) is 6.10. The Balaban J connectivity index is 1.51. The van der Waals surface area contributed by atoms with Crippen molar-refractivity contribution in [2.75, 3.05) is 27.3 Å². The average Bonchev–Trinajstić information content (AvgIpc) is 3.12. The van der Waals surface area contributed by atoms with Gasteiger partial charge < -0.3 is 14.8 Å². The van der Waals surface area contributed by atoms with Crippen molar-refractivity contribution in [1.82, 2.24) is 15.2 Å². The normalized spacial score (nSPS) is 16.6. The number of amides is 1. The highest BCUT2D eigenvalue weighted by molar-refractivity contribution is 7.09. The number of hydrogen-bond donors (Lipinski definition) is 1. The molecule has 1 aromatic heterocycles. The fourth-order valence-electron chi connectivity index (χ4n) is 3.60. The molecule has 0 saturated carbocycles. The number of aromatic nitrogens is 1. The minimum atomic E-state index is -0.0803. The van der Waals surface area contributed by atoms with E-state index in [1.54, 1.807) is 25.6 Å². The predicted molar refractivity (Wildman–Crippen MR) is 111 cm³/mol. The molecule has 1 aromatic carbocycles. The van der Waals surface area contributed by atoms with Gasteiger partial charge in [0, 0.05) is 17.8 Å². The lowest BCUT2D eigenvalue weighted by molar-refractivity contribution is -0.127. The highest BCUT2D eigenvalue weighted by atomic mass is 32.1. The molecule has 0 aliphatic carbocycles. The Morgan fingerprint density at radius 1 is 1.29 bits per heavy atom. The summed E-state index contributed by atoms with van der Waals surface area (Å²) >= 11 is 1.69. The van der Waals surface area contributed by atoms with Crippen molar-refractivity contribution in [1.29, 1.82) is 0 Å². The number of carbonyl (C=O) groups is 1. The third-order valence-electron chi connectivity index (χ3n) is 5.28. The number of nitrogens with zero attached hydrogens (tertiary/aromatic N) is 2. The molecule has 7 heteroatoms. The second-order valence-electron chi connectivity index (χ2n) is 7.25. The zero-order valence-electron chi connectivity index (χ0n) is 17.0. The van der Waals surface area contributed by atoms with Crippen molar-refractivity contribution in [2.45, 2.75) is 39.3 Å². The maximum atomic E-state index is 12.7. The number of likely N-dealkylation sites (tertiary alicyclic amines) is 1. The van der Waals surface area contributed by atoms with Crippen molar-refractivity contribution in [3.63, 3.8) is 0 Å². The minimum Gasteiger partial charge on any atom is -0.493 e. The number of hydrogen-bond acceptors (Lipinski definition) is 6. The van der Waals surface area contributed by atoms with Gasteiger partial charge in [-0.2, -0.15) is 0 Å². The Morgan fingerprint density at radius 3 is 2.61 bits per heavy atom. The van der Waals surface area contributed by atoms with Crippen LogP contribution in [0.5, 0.6) is 11.5 Å². The maximum Gasteiger partial charge on any atom is 0.223 e. The molecule has 1 unspecified atom stereocenters. The Labute approximate surface area is 170 Å². The highest BCUT2D eigenvalue weighted by Crippen LogP contribution is 2.30. The number of benzene rings is 1. The van der Waals surface area contributed by atoms with Gasteiger partial charge in [0.25, 0.3) is 0 Å². The van der Waals surface area contributed by atoms with E-state index in [0.29, 0.717) is 11.5 Å². The van der Waals surface area contributed by atoms with Gasteiger partial charge in [-0.3, -0.25) is 9.69 Å². The number of nitrogens with one attached hydrogen (secondary N) is 1. The zero-order valence-corrected chi connectivity index (χ0v) is 17.8. The molecule has 0 radical (unpaired) electrons. The summed E-state index contributed by atoms with van der Waals surface area (Å²) in [4.78, 5) is 19.7. The van der Waals surface area contributed by atoms with E-state index < -0.39 is 0 Å². The van der Waals surface area contributed by atoms with Crippen molar-refractivity contribution in [3.8, 4) is 11.5 Å². The summed E-state index contributed by atoms with van der Waals surface area (Å²) in [6.07, 6.45) is 1.77. The number of piperidine rings is 1. The minimum absolute atomic E-state index is 0.0658. The van der Waals surface area contributed by atoms with Crippen LogP contribution in [0, 0.1) is 12.8 Å². The predicted octanol–water partition coefficient (Wildman–Crippen LogP) is 3.56. The molecule has 2 heterocycles. The number of aryl methyl sites for hydroxylation is 1. The lowest BCUT2D eigenvalue weighted by Gasteiger charge is -2.31. The number of carbonyl (C=O) groups excluding carboxylic acids is 1. The van der Waals surface area contributed by atoms with E-state index in [9.17, 15) is 4.79 Å². The number of methoxy groups -OCH3 is 2. The molecule has 1 saturated heterocycles. The molecule has 3 rings (SSSR count). The van der Waals surface area contributed by atoms with E-state index in [2.05, 4.69) is 20.6 Å². The van der Waals surface area contributed by atoms with Gasteiger partial charge in [0.05, 0.1) is 31.0 Å². The molecule has 152 valence electrons. The van der Waals surface area contributed by atoms with Crippen LogP contribution >= 0.6 is 11.3 Å². The van der Waals surface area contributed by atoms with Gasteiger partial charge in [-0.1, -0.05) is 6.07 Å². The highest BCUT2D eigenvalue weighted by Gasteiger charge is 2.26. The van der Waals surface area contributed by atoms with Crippen LogP contribution in [0.1, 0.15) is 42.1 Å². The van der Waals surface area contributed by atoms with E-state index in [0.717, 1.165) is 48.7 Å². The molecule has 0 bridgehead atoms. The standard InChI is InChI=1S/C21H29N3O3S/c1-14(17-5-6-19(26-3)20(11-17)27-4)22-21(25)16-7-9-24(10-8-16)12-18-13-28-15(2)23-18/h5-6,11,13-14,16H,7-10,12H2,1-4H3,(H,22,25). The molecule has 1 fully saturated rings. The number of ether oxygens (including phenoxy) is 2. The summed E-state index contributed by atoms with van der Waals surface area (Å²) in [6, 6.07) is 5.67. The lowest BCUT2D eigenvalue weighted by Crippen LogP contribution is -2.40. The molecule has 28 heavy (non-hydrogen) atoms. The molecular weight excluding hydrogens is 374 g/mol. The smallest absolute Gasteiger partial charge is 0.223 e. The Hall–Kier alpha value is -2.12. The first kappa shape index (κ1) is 20.6. The van der Waals surface area contributed by atoms with Crippen molar-refractivity contribution >= 4 is 17.2 Å². The van der Waals surface area contributed by atoms with Gasteiger partial charge in [0.1, 0.15) is 0 Å². The summed E-state index contributed by atoms with van der Waals surface area (Å²) in [6.45, 7) is 6.77. The Morgan fingerprint density at radius 2 is 2.00 bits per heavy atom. The van der Waals surface area contributed by atoms with Gasteiger partial charge in [-0.05, 0) is 57.5 Å². The summed E-state index contributed by atoms with van der Waals surface area (Å²) in [5, 5.41) is 6.39. The monoisotopic (exact) mass is 403 g/mol. The van der Waals surface area contributed by atoms with Crippen molar-refractivity contribution in [2.24, 2.45) is 5.92 Å². The Kier molecular flexibility index (Phi) is 6.91. The SMILES string of the molecule is COc1ccc(C(C)NC(=O)C2CCN(Cc3csc(C)n3)CC2)cc1OC. The van der Waals surface area contributed by atoms with Crippen molar-refractivity contribution < 1.29 is 14.3 Å². The second kappa shape index (κ2) is 9.39. The van der Waals surface area contributed by atoms with E-state index in [-0.39, 0.29) is 17.9 Å². The molecule has 1 aliphatic heterocycles. The molecule has 1 amide bonds. The molecule has 1 atom stereocenters. The first-order valence-corrected chi connectivity index (χ1v) is 10.5. The largest absolute Gasteiger partial charge is 0.493 e. The van der Waals surface area contributed by atoms with Crippen molar-refractivity contribution in [3.05, 3.63) is 39.8 Å². The van der Waals surface area contributed by atoms with Crippen LogP contribution in [0.3, 0.4) is 0 Å². The fraction of sp³-hybridized carbons (Fsp3) is 0.524. The first-order chi connectivity index (χ1) is 13.5. The quantitative estimate of drug-likeness (QED) is 0.766. The van der Waals surface area contributed by atoms with Crippen LogP contribution in [0.25, 0.3) is 0 Å². The van der Waals surface area contributed by atoms with Crippen LogP contribution < -0.4 is 14.8 Å². The van der Waals surface area contributed by atoms with E-state index in [1.165, 1.54) is 0 Å². The molecule has 6 nitrogen and oxygen atoms in total. The van der Waals surface area contributed by atoms with Crippen LogP contribution in [0.2, 0.25) is 0 Å². The van der Waals surface area contributed by atoms with Crippen LogP contribution in [0.15, 0.2) is 23.6 Å². The molecule has 1 aliphatic rings. The Bertz CT molecular complexity index is 800. The van der Waals surface area contributed by atoms with Crippen LogP contribution in [0.4, 0.5) is 0 Å². The third kappa shape index (κ3) is 5.02. The summed E-state index contributed by atoms with van der Waals surface area (Å²) in [7, 11) is 3.23. The summed E-state index contributed by atoms with van der Waals surface area (Å²) in [5.74, 6) is 1.56. The molecule has 2 aromatic rings. The fourth-order valence-corrected chi connectivity index (χ4v) is 4.20. The van der Waals surface area contributed by atoms with Gasteiger partial charge >= 0.3 is 0 Å². The number of thiazole rings is 1. The van der Waals surface area contributed by atoms with E-state index >= 15 is 0 Å². The number of rotatable bonds is 7. The summed E-state index contributed by atoms with van der Waals surface area (Å²) < 4.78 is 10.6. The van der Waals surface area contributed by atoms with Gasteiger partial charge in [-0.15, -0.1) is 11.3 Å². The summed E-state index contributed by atoms with van der Waals surface area (Å²) in [5.41, 5.74) is 2.13. The van der Waals surface area contributed by atoms with Crippen LogP contribution in [-0.2, 0) is 11.3 Å². The lowest BCUT2D eigenvalue weighted by atomic mass is 9.95. The molecular formula is C21H29N3O3S. The molecule has 0 spiro atoms. The zero-order chi connectivity index (χ0) is 20.1. The van der Waals surface area contributed by atoms with Crippen LogP contribution in [-0.4, -0.2) is 43.1 Å². The van der Waals surface area contributed by atoms with Gasteiger partial charge in [0.15, 0.2) is 11.5 Å². The second-order valence-corrected chi connectivity index (χ2v) is 8.32. The maximum absolute atomic E-state index is 12.7. The van der Waals surface area contributed by atoms with E-state index in [4.69, 9.17) is 9.47 Å². The topological polar surface area (TPSA) is 63.7 Å². The first-order valence-electron chi connectivity index (χ1n) is 9.65. The van der Waals surface area contributed by atoms with Gasteiger partial charge in [-0.25, -0.2) is 4.98 Å². The average molecular weight is 404 g/mol.